The number of fused-ring (bicyclic) bond motifs is 1. The predicted molar refractivity (Wildman–Crippen MR) is 143 cm³/mol. The van der Waals surface area contributed by atoms with Crippen LogP contribution in [0.15, 0.2) is 36.8 Å². The fourth-order valence-electron chi connectivity index (χ4n) is 4.95. The minimum absolute atomic E-state index is 0.0267. The first-order valence-electron chi connectivity index (χ1n) is 13.2. The molecule has 2 fully saturated rings. The quantitative estimate of drug-likeness (QED) is 0.437. The molecule has 0 aliphatic carbocycles. The van der Waals surface area contributed by atoms with Crippen LogP contribution in [0.1, 0.15) is 37.2 Å². The molecule has 4 heterocycles. The summed E-state index contributed by atoms with van der Waals surface area (Å²) in [5.74, 6) is -2.23. The molecule has 0 saturated carbocycles. The molecule has 2 aliphatic heterocycles. The standard InChI is InChI=1S/C27H29F2N7O5/c1-16(37)4-5-19-14-36(27(40)41-19)18-12-20(28)23(21(29)13-18)33-8-10-34(11-9-33)25(39)17(2)31-24(38)22-15-35-7-3-6-30-26(35)32-22/h3,6-7,12-13,15,17,19H,4-5,8-11,14H2,1-2H3,(H,31,38)/t17-,19-/m0/s1. The van der Waals surface area contributed by atoms with Crippen LogP contribution >= 0.6 is 0 Å². The van der Waals surface area contributed by atoms with Crippen LogP contribution < -0.4 is 15.1 Å². The van der Waals surface area contributed by atoms with Crippen molar-refractivity contribution in [3.05, 3.63) is 54.1 Å². The molecule has 2 aliphatic rings. The Balaban J connectivity index is 1.17. The van der Waals surface area contributed by atoms with Crippen LogP contribution in [0.4, 0.5) is 25.0 Å². The molecule has 2 aromatic heterocycles. The molecule has 2 atom stereocenters. The second-order valence-electron chi connectivity index (χ2n) is 10.1. The Morgan fingerprint density at radius 1 is 1.15 bits per heavy atom. The summed E-state index contributed by atoms with van der Waals surface area (Å²) in [5.41, 5.74) is -0.0986. The van der Waals surface area contributed by atoms with E-state index in [1.54, 1.807) is 29.8 Å². The molecule has 41 heavy (non-hydrogen) atoms. The number of benzene rings is 1. The van der Waals surface area contributed by atoms with Crippen LogP contribution in [-0.4, -0.2) is 87.8 Å². The van der Waals surface area contributed by atoms with Gasteiger partial charge >= 0.3 is 6.09 Å². The van der Waals surface area contributed by atoms with Crippen molar-refractivity contribution in [2.24, 2.45) is 0 Å². The summed E-state index contributed by atoms with van der Waals surface area (Å²) < 4.78 is 37.1. The Bertz CT molecular complexity index is 1450. The fraction of sp³-hybridized carbons (Fsp3) is 0.407. The zero-order chi connectivity index (χ0) is 29.3. The molecule has 1 aromatic carbocycles. The number of nitrogens with one attached hydrogen (secondary N) is 1. The highest BCUT2D eigenvalue weighted by Crippen LogP contribution is 2.32. The van der Waals surface area contributed by atoms with Gasteiger partial charge in [0.05, 0.1) is 12.2 Å². The summed E-state index contributed by atoms with van der Waals surface area (Å²) >= 11 is 0. The SMILES string of the molecule is CC(=O)CC[C@H]1CN(c2cc(F)c(N3CCN(C(=O)[C@H](C)NC(=O)c4cn5cccnc5n4)CC3)c(F)c2)C(=O)O1. The molecule has 2 saturated heterocycles. The van der Waals surface area contributed by atoms with Gasteiger partial charge in [-0.1, -0.05) is 0 Å². The Morgan fingerprint density at radius 3 is 2.51 bits per heavy atom. The third-order valence-corrected chi connectivity index (χ3v) is 7.10. The topological polar surface area (TPSA) is 129 Å². The number of ether oxygens (including phenoxy) is 1. The minimum atomic E-state index is -0.848. The first-order valence-corrected chi connectivity index (χ1v) is 13.2. The molecule has 3 amide bonds. The first kappa shape index (κ1) is 27.9. The lowest BCUT2D eigenvalue weighted by molar-refractivity contribution is -0.133. The van der Waals surface area contributed by atoms with Gasteiger partial charge in [-0.25, -0.2) is 23.5 Å². The Morgan fingerprint density at radius 2 is 1.85 bits per heavy atom. The molecular formula is C27H29F2N7O5. The maximum absolute atomic E-state index is 15.1. The number of cyclic esters (lactones) is 1. The fourth-order valence-corrected chi connectivity index (χ4v) is 4.95. The number of hydrogen-bond acceptors (Lipinski definition) is 8. The number of halogens is 2. The Labute approximate surface area is 233 Å². The van der Waals surface area contributed by atoms with E-state index in [1.165, 1.54) is 22.9 Å². The summed E-state index contributed by atoms with van der Waals surface area (Å²) in [4.78, 5) is 61.5. The van der Waals surface area contributed by atoms with E-state index in [9.17, 15) is 19.2 Å². The lowest BCUT2D eigenvalue weighted by atomic mass is 10.1. The number of piperazine rings is 1. The molecule has 0 unspecified atom stereocenters. The Kier molecular flexibility index (Phi) is 7.81. The van der Waals surface area contributed by atoms with Gasteiger partial charge in [-0.05, 0) is 26.3 Å². The number of ketones is 1. The average molecular weight is 570 g/mol. The predicted octanol–water partition coefficient (Wildman–Crippen LogP) is 2.17. The van der Waals surface area contributed by atoms with E-state index in [2.05, 4.69) is 15.3 Å². The summed E-state index contributed by atoms with van der Waals surface area (Å²) in [5, 5.41) is 2.64. The van der Waals surface area contributed by atoms with Gasteiger partial charge in [0.1, 0.15) is 29.3 Å². The van der Waals surface area contributed by atoms with E-state index >= 15 is 8.78 Å². The van der Waals surface area contributed by atoms with Crippen molar-refractivity contribution in [1.82, 2.24) is 24.6 Å². The number of rotatable bonds is 8. The number of aromatic nitrogens is 3. The molecule has 5 rings (SSSR count). The number of imidazole rings is 1. The number of carbonyl (C=O) groups excluding carboxylic acids is 4. The van der Waals surface area contributed by atoms with Crippen molar-refractivity contribution < 1.29 is 32.7 Å². The van der Waals surface area contributed by atoms with Crippen molar-refractivity contribution in [3.8, 4) is 0 Å². The van der Waals surface area contributed by atoms with E-state index in [0.29, 0.717) is 12.2 Å². The summed E-state index contributed by atoms with van der Waals surface area (Å²) in [7, 11) is 0. The number of amides is 3. The van der Waals surface area contributed by atoms with Crippen LogP contribution in [-0.2, 0) is 14.3 Å². The number of anilines is 2. The molecule has 0 radical (unpaired) electrons. The number of nitrogens with zero attached hydrogens (tertiary/aromatic N) is 6. The van der Waals surface area contributed by atoms with Crippen LogP contribution in [0, 0.1) is 11.6 Å². The van der Waals surface area contributed by atoms with Gasteiger partial charge in [-0.3, -0.25) is 18.9 Å². The summed E-state index contributed by atoms with van der Waals surface area (Å²) in [6, 6.07) is 3.01. The summed E-state index contributed by atoms with van der Waals surface area (Å²) in [6.07, 6.45) is 4.09. The first-order chi connectivity index (χ1) is 19.6. The summed E-state index contributed by atoms with van der Waals surface area (Å²) in [6.45, 7) is 3.80. The third kappa shape index (κ3) is 5.95. The number of hydrogen-bond donors (Lipinski definition) is 1. The zero-order valence-electron chi connectivity index (χ0n) is 22.5. The minimum Gasteiger partial charge on any atom is -0.444 e. The largest absolute Gasteiger partial charge is 0.444 e. The highest BCUT2D eigenvalue weighted by Gasteiger charge is 2.34. The van der Waals surface area contributed by atoms with Crippen molar-refractivity contribution >= 4 is 40.8 Å². The molecule has 1 N–H and O–H groups in total. The molecule has 3 aromatic rings. The van der Waals surface area contributed by atoms with Gasteiger partial charge in [0.2, 0.25) is 11.7 Å². The lowest BCUT2D eigenvalue weighted by Crippen LogP contribution is -2.54. The van der Waals surface area contributed by atoms with E-state index in [1.807, 2.05) is 0 Å². The normalized spacial score (nSPS) is 18.0. The smallest absolute Gasteiger partial charge is 0.414 e. The van der Waals surface area contributed by atoms with Gasteiger partial charge in [-0.2, -0.15) is 0 Å². The highest BCUT2D eigenvalue weighted by atomic mass is 19.1. The van der Waals surface area contributed by atoms with E-state index in [0.717, 1.165) is 17.0 Å². The van der Waals surface area contributed by atoms with Crippen molar-refractivity contribution in [2.45, 2.75) is 38.8 Å². The number of Topliss-reactive ketones (excluding diaryl/α,β-unsaturated/α-hetero) is 1. The second-order valence-corrected chi connectivity index (χ2v) is 10.1. The van der Waals surface area contributed by atoms with Gasteiger partial charge in [0.25, 0.3) is 5.91 Å². The van der Waals surface area contributed by atoms with Crippen molar-refractivity contribution in [2.75, 3.05) is 42.5 Å². The van der Waals surface area contributed by atoms with Crippen molar-refractivity contribution in [1.29, 1.82) is 0 Å². The lowest BCUT2D eigenvalue weighted by Gasteiger charge is -2.37. The molecule has 12 nitrogen and oxygen atoms in total. The van der Waals surface area contributed by atoms with Gasteiger partial charge in [0.15, 0.2) is 11.6 Å². The highest BCUT2D eigenvalue weighted by molar-refractivity contribution is 5.96. The average Bonchev–Trinajstić information content (AvgIpc) is 3.55. The second kappa shape index (κ2) is 11.5. The zero-order valence-corrected chi connectivity index (χ0v) is 22.5. The van der Waals surface area contributed by atoms with Gasteiger partial charge in [-0.15, -0.1) is 0 Å². The van der Waals surface area contributed by atoms with Gasteiger partial charge in [0, 0.05) is 63.3 Å². The van der Waals surface area contributed by atoms with E-state index in [4.69, 9.17) is 4.74 Å². The monoisotopic (exact) mass is 569 g/mol. The van der Waals surface area contributed by atoms with Crippen LogP contribution in [0.3, 0.4) is 0 Å². The molecule has 216 valence electrons. The molecule has 14 heteroatoms. The molecule has 0 bridgehead atoms. The van der Waals surface area contributed by atoms with Gasteiger partial charge < -0.3 is 24.6 Å². The van der Waals surface area contributed by atoms with Crippen molar-refractivity contribution in [3.63, 3.8) is 0 Å². The van der Waals surface area contributed by atoms with Crippen LogP contribution in [0.25, 0.3) is 5.78 Å². The third-order valence-electron chi connectivity index (χ3n) is 7.10. The maximum Gasteiger partial charge on any atom is 0.414 e. The Hall–Kier alpha value is -4.62. The van der Waals surface area contributed by atoms with E-state index in [-0.39, 0.29) is 67.9 Å². The molecular weight excluding hydrogens is 540 g/mol. The maximum atomic E-state index is 15.1. The molecule has 0 spiro atoms. The van der Waals surface area contributed by atoms with E-state index < -0.39 is 35.8 Å². The van der Waals surface area contributed by atoms with Crippen LogP contribution in [0.5, 0.6) is 0 Å². The number of carbonyl (C=O) groups is 4. The van der Waals surface area contributed by atoms with Crippen LogP contribution in [0.2, 0.25) is 0 Å².